The van der Waals surface area contributed by atoms with Gasteiger partial charge in [-0.15, -0.1) is 0 Å². The molecule has 0 saturated heterocycles. The zero-order chi connectivity index (χ0) is 10.8. The molecule has 0 atom stereocenters. The van der Waals surface area contributed by atoms with E-state index in [-0.39, 0.29) is 33.9 Å². The van der Waals surface area contributed by atoms with E-state index in [0.717, 1.165) is 6.08 Å². The van der Waals surface area contributed by atoms with Crippen LogP contribution in [0.1, 0.15) is 21.3 Å². The molecule has 0 radical (unpaired) electrons. The maximum Gasteiger partial charge on any atom is 0.330 e. The molecule has 16 heavy (non-hydrogen) atoms. The molecule has 0 N–H and O–H groups in total. The number of esters is 1. The van der Waals surface area contributed by atoms with Crippen LogP contribution in [0.25, 0.3) is 0 Å². The van der Waals surface area contributed by atoms with Crippen LogP contribution in [0.15, 0.2) is 25.3 Å². The van der Waals surface area contributed by atoms with Crippen molar-refractivity contribution in [2.75, 3.05) is 19.8 Å². The smallest absolute Gasteiger partial charge is 0.330 e. The molecule has 0 aromatic heterocycles. The Kier molecular flexibility index (Phi) is 17.0. The molecule has 0 heterocycles. The van der Waals surface area contributed by atoms with Gasteiger partial charge in [-0.3, -0.25) is 4.79 Å². The summed E-state index contributed by atoms with van der Waals surface area (Å²) < 4.78 is 9.66. The Morgan fingerprint density at radius 3 is 2.12 bits per heavy atom. The lowest BCUT2D eigenvalue weighted by Gasteiger charge is -2.02. The van der Waals surface area contributed by atoms with E-state index < -0.39 is 5.97 Å². The SMILES string of the molecule is C.C.C=CC(=O)CCOCCOC(=O)C=C. The lowest BCUT2D eigenvalue weighted by atomic mass is 10.3. The number of hydrogen-bond acceptors (Lipinski definition) is 4. The number of carbonyl (C=O) groups excluding carboxylic acids is 2. The molecule has 4 heteroatoms. The number of ketones is 1. The summed E-state index contributed by atoms with van der Waals surface area (Å²) >= 11 is 0. The second-order valence-electron chi connectivity index (χ2n) is 2.40. The molecule has 0 aromatic carbocycles. The van der Waals surface area contributed by atoms with Crippen LogP contribution in [0, 0.1) is 0 Å². The van der Waals surface area contributed by atoms with Crippen LogP contribution in [0.3, 0.4) is 0 Å². The van der Waals surface area contributed by atoms with Crippen molar-refractivity contribution >= 4 is 11.8 Å². The minimum Gasteiger partial charge on any atom is -0.460 e. The van der Waals surface area contributed by atoms with Crippen molar-refractivity contribution in [1.29, 1.82) is 0 Å². The molecular formula is C12H22O4. The summed E-state index contributed by atoms with van der Waals surface area (Å²) in [6.07, 6.45) is 2.64. The molecule has 94 valence electrons. The third-order valence-corrected chi connectivity index (χ3v) is 1.36. The molecule has 0 aliphatic carbocycles. The number of allylic oxidation sites excluding steroid dienone is 1. The van der Waals surface area contributed by atoms with Gasteiger partial charge in [0.2, 0.25) is 0 Å². The topological polar surface area (TPSA) is 52.6 Å². The second-order valence-corrected chi connectivity index (χ2v) is 2.40. The van der Waals surface area contributed by atoms with Crippen LogP contribution in [0.2, 0.25) is 0 Å². The van der Waals surface area contributed by atoms with Gasteiger partial charge in [-0.1, -0.05) is 28.0 Å². The van der Waals surface area contributed by atoms with Crippen LogP contribution in [-0.2, 0) is 19.1 Å². The summed E-state index contributed by atoms with van der Waals surface area (Å²) in [6, 6.07) is 0. The molecule has 0 aromatic rings. The summed E-state index contributed by atoms with van der Waals surface area (Å²) in [5.41, 5.74) is 0. The predicted octanol–water partition coefficient (Wildman–Crippen LogP) is 2.15. The third kappa shape index (κ3) is 12.6. The van der Waals surface area contributed by atoms with Gasteiger partial charge in [-0.05, 0) is 6.08 Å². The average Bonchev–Trinajstić information content (AvgIpc) is 2.22. The summed E-state index contributed by atoms with van der Waals surface area (Å²) in [6.45, 7) is 7.33. The summed E-state index contributed by atoms with van der Waals surface area (Å²) in [5, 5.41) is 0. The normalized spacial score (nSPS) is 8.00. The van der Waals surface area contributed by atoms with Gasteiger partial charge < -0.3 is 9.47 Å². The van der Waals surface area contributed by atoms with Gasteiger partial charge in [-0.2, -0.15) is 0 Å². The molecule has 0 unspecified atom stereocenters. The number of ether oxygens (including phenoxy) is 2. The maximum atomic E-state index is 10.7. The highest BCUT2D eigenvalue weighted by Gasteiger charge is 1.97. The fraction of sp³-hybridized carbons (Fsp3) is 0.500. The molecule has 0 bridgehead atoms. The second kappa shape index (κ2) is 13.6. The Labute approximate surface area is 97.9 Å². The Morgan fingerprint density at radius 1 is 1.00 bits per heavy atom. The third-order valence-electron chi connectivity index (χ3n) is 1.36. The highest BCUT2D eigenvalue weighted by atomic mass is 16.6. The number of carbonyl (C=O) groups is 2. The van der Waals surface area contributed by atoms with Gasteiger partial charge >= 0.3 is 5.97 Å². The Hall–Kier alpha value is -1.42. The van der Waals surface area contributed by atoms with Crippen molar-refractivity contribution < 1.29 is 19.1 Å². The van der Waals surface area contributed by atoms with E-state index in [0.29, 0.717) is 13.0 Å². The fourth-order valence-corrected chi connectivity index (χ4v) is 0.637. The molecular weight excluding hydrogens is 208 g/mol. The summed E-state index contributed by atoms with van der Waals surface area (Å²) in [4.78, 5) is 21.2. The average molecular weight is 230 g/mol. The molecule has 0 aliphatic rings. The van der Waals surface area contributed by atoms with E-state index in [1.54, 1.807) is 0 Å². The molecule has 0 saturated carbocycles. The summed E-state index contributed by atoms with van der Waals surface area (Å²) in [5.74, 6) is -0.538. The first-order valence-electron chi connectivity index (χ1n) is 4.23. The Bertz CT molecular complexity index is 197. The Morgan fingerprint density at radius 2 is 1.62 bits per heavy atom. The van der Waals surface area contributed by atoms with E-state index in [2.05, 4.69) is 17.9 Å². The molecule has 0 spiro atoms. The van der Waals surface area contributed by atoms with Crippen molar-refractivity contribution in [1.82, 2.24) is 0 Å². The molecule has 4 nitrogen and oxygen atoms in total. The fourth-order valence-electron chi connectivity index (χ4n) is 0.637. The largest absolute Gasteiger partial charge is 0.460 e. The van der Waals surface area contributed by atoms with Crippen molar-refractivity contribution in [3.63, 3.8) is 0 Å². The molecule has 0 fully saturated rings. The van der Waals surface area contributed by atoms with Gasteiger partial charge in [0.1, 0.15) is 6.61 Å². The van der Waals surface area contributed by atoms with Crippen LogP contribution in [-0.4, -0.2) is 31.6 Å². The Balaban J connectivity index is -0.000000845. The monoisotopic (exact) mass is 230 g/mol. The lowest BCUT2D eigenvalue weighted by Crippen LogP contribution is -2.10. The quantitative estimate of drug-likeness (QED) is 0.364. The van der Waals surface area contributed by atoms with Crippen molar-refractivity contribution in [2.24, 2.45) is 0 Å². The van der Waals surface area contributed by atoms with E-state index in [4.69, 9.17) is 4.74 Å². The first-order chi connectivity index (χ1) is 6.70. The maximum absolute atomic E-state index is 10.7. The summed E-state index contributed by atoms with van der Waals surface area (Å²) in [7, 11) is 0. The van der Waals surface area contributed by atoms with Crippen LogP contribution in [0.5, 0.6) is 0 Å². The minimum atomic E-state index is -0.476. The predicted molar refractivity (Wildman–Crippen MR) is 65.3 cm³/mol. The van der Waals surface area contributed by atoms with Gasteiger partial charge in [-0.25, -0.2) is 4.79 Å². The van der Waals surface area contributed by atoms with Crippen molar-refractivity contribution in [3.05, 3.63) is 25.3 Å². The first-order valence-corrected chi connectivity index (χ1v) is 4.23. The van der Waals surface area contributed by atoms with Gasteiger partial charge in [0, 0.05) is 12.5 Å². The minimum absolute atomic E-state index is 0. The molecule has 0 rings (SSSR count). The highest BCUT2D eigenvalue weighted by molar-refractivity contribution is 5.89. The van der Waals surface area contributed by atoms with Crippen molar-refractivity contribution in [2.45, 2.75) is 21.3 Å². The van der Waals surface area contributed by atoms with E-state index in [1.165, 1.54) is 6.08 Å². The van der Waals surface area contributed by atoms with E-state index in [9.17, 15) is 9.59 Å². The highest BCUT2D eigenvalue weighted by Crippen LogP contribution is 1.87. The first kappa shape index (κ1) is 20.1. The van der Waals surface area contributed by atoms with Gasteiger partial charge in [0.15, 0.2) is 5.78 Å². The standard InChI is InChI=1S/C10H14O4.2CH4/c1-3-9(11)5-6-13-7-8-14-10(12)4-2;;/h3-4H,1-2,5-8H2;2*1H4. The lowest BCUT2D eigenvalue weighted by molar-refractivity contribution is -0.139. The van der Waals surface area contributed by atoms with Gasteiger partial charge in [0.25, 0.3) is 0 Å². The zero-order valence-corrected chi connectivity index (χ0v) is 8.03. The van der Waals surface area contributed by atoms with Crippen molar-refractivity contribution in [3.8, 4) is 0 Å². The molecule has 0 amide bonds. The van der Waals surface area contributed by atoms with E-state index in [1.807, 2.05) is 0 Å². The van der Waals surface area contributed by atoms with E-state index >= 15 is 0 Å². The number of hydrogen-bond donors (Lipinski definition) is 0. The number of rotatable bonds is 8. The van der Waals surface area contributed by atoms with Gasteiger partial charge in [0.05, 0.1) is 13.2 Å². The van der Waals surface area contributed by atoms with Crippen LogP contribution >= 0.6 is 0 Å². The van der Waals surface area contributed by atoms with Crippen LogP contribution in [0.4, 0.5) is 0 Å². The van der Waals surface area contributed by atoms with Crippen LogP contribution < -0.4 is 0 Å². The zero-order valence-electron chi connectivity index (χ0n) is 8.03. The molecule has 0 aliphatic heterocycles.